The summed E-state index contributed by atoms with van der Waals surface area (Å²) >= 11 is 0. The van der Waals surface area contributed by atoms with Crippen molar-refractivity contribution in [3.05, 3.63) is 88.4 Å². The highest BCUT2D eigenvalue weighted by molar-refractivity contribution is 5.82. The van der Waals surface area contributed by atoms with Crippen LogP contribution in [-0.4, -0.2) is 32.0 Å². The summed E-state index contributed by atoms with van der Waals surface area (Å²) in [6.07, 6.45) is 7.26. The fourth-order valence-corrected chi connectivity index (χ4v) is 4.18. The number of hydrogen-bond donors (Lipinski definition) is 3. The number of amides is 1. The Balaban J connectivity index is 1.26. The molecule has 8 heteroatoms. The molecule has 1 aromatic carbocycles. The van der Waals surface area contributed by atoms with E-state index < -0.39 is 6.04 Å². The Kier molecular flexibility index (Phi) is 5.41. The van der Waals surface area contributed by atoms with Crippen molar-refractivity contribution in [2.24, 2.45) is 0 Å². The van der Waals surface area contributed by atoms with Gasteiger partial charge in [0.15, 0.2) is 5.82 Å². The summed E-state index contributed by atoms with van der Waals surface area (Å²) in [7, 11) is 0. The van der Waals surface area contributed by atoms with Crippen LogP contribution in [0.25, 0.3) is 10.9 Å². The number of aromatic amines is 1. The second kappa shape index (κ2) is 8.66. The van der Waals surface area contributed by atoms with E-state index in [1.54, 1.807) is 17.0 Å². The van der Waals surface area contributed by atoms with Gasteiger partial charge in [-0.1, -0.05) is 18.2 Å². The van der Waals surface area contributed by atoms with Crippen LogP contribution in [0, 0.1) is 0 Å². The number of carbonyl (C=O) groups excluding carboxylic acids is 1. The molecule has 5 rings (SSSR count). The van der Waals surface area contributed by atoms with E-state index in [2.05, 4.69) is 25.6 Å². The van der Waals surface area contributed by atoms with Crippen LogP contribution in [0.3, 0.4) is 0 Å². The largest absolute Gasteiger partial charge is 0.365 e. The molecule has 0 aliphatic carbocycles. The van der Waals surface area contributed by atoms with Gasteiger partial charge in [-0.2, -0.15) is 0 Å². The van der Waals surface area contributed by atoms with Crippen molar-refractivity contribution in [1.82, 2.24) is 24.8 Å². The van der Waals surface area contributed by atoms with E-state index in [1.807, 2.05) is 48.7 Å². The molecule has 1 amide bonds. The van der Waals surface area contributed by atoms with Crippen LogP contribution in [-0.2, 0) is 24.2 Å². The summed E-state index contributed by atoms with van der Waals surface area (Å²) in [5.41, 5.74) is 3.51. The lowest BCUT2D eigenvalue weighted by Crippen LogP contribution is -2.36. The average Bonchev–Trinajstić information content (AvgIpc) is 3.47. The molecule has 0 bridgehead atoms. The molecular weight excluding hydrogens is 404 g/mol. The van der Waals surface area contributed by atoms with Crippen molar-refractivity contribution in [2.45, 2.75) is 31.8 Å². The van der Waals surface area contributed by atoms with Gasteiger partial charge in [-0.25, -0.2) is 4.98 Å². The van der Waals surface area contributed by atoms with Crippen LogP contribution < -0.4 is 16.2 Å². The van der Waals surface area contributed by atoms with E-state index >= 15 is 0 Å². The first-order chi connectivity index (χ1) is 15.7. The van der Waals surface area contributed by atoms with Crippen LogP contribution >= 0.6 is 0 Å². The maximum atomic E-state index is 13.0. The van der Waals surface area contributed by atoms with E-state index in [4.69, 9.17) is 0 Å². The number of aromatic nitrogens is 4. The normalized spacial score (nSPS) is 14.9. The highest BCUT2D eigenvalue weighted by Crippen LogP contribution is 2.24. The molecule has 8 nitrogen and oxygen atoms in total. The van der Waals surface area contributed by atoms with Gasteiger partial charge in [0.1, 0.15) is 6.04 Å². The lowest BCUT2D eigenvalue weighted by Gasteiger charge is -2.16. The first kappa shape index (κ1) is 20.0. The van der Waals surface area contributed by atoms with Crippen LogP contribution in [0.5, 0.6) is 0 Å². The van der Waals surface area contributed by atoms with E-state index in [0.717, 1.165) is 27.9 Å². The third-order valence-corrected chi connectivity index (χ3v) is 5.85. The summed E-state index contributed by atoms with van der Waals surface area (Å²) < 4.78 is 1.58. The quantitative estimate of drug-likeness (QED) is 0.420. The standard InChI is InChI=1S/C24H24N6O2/c31-23(29-14-16-4-5-17-8-11-26-20(17)13-16)21-7-6-19-15-28-22(24(32)30(19)21)27-12-9-18-3-1-2-10-25-18/h1-5,8,10-11,13,15,21,26H,6-7,9,12,14H2,(H,27,28)(H,29,31)/t21-/m0/s1. The van der Waals surface area contributed by atoms with Gasteiger partial charge in [0.25, 0.3) is 5.56 Å². The molecule has 1 aliphatic heterocycles. The topological polar surface area (TPSA) is 105 Å². The molecule has 4 aromatic rings. The van der Waals surface area contributed by atoms with Gasteiger partial charge in [-0.15, -0.1) is 0 Å². The van der Waals surface area contributed by atoms with E-state index in [-0.39, 0.29) is 17.3 Å². The molecule has 3 N–H and O–H groups in total. The Morgan fingerprint density at radius 2 is 2.12 bits per heavy atom. The highest BCUT2D eigenvalue weighted by atomic mass is 16.2. The number of aryl methyl sites for hydroxylation is 1. The second-order valence-corrected chi connectivity index (χ2v) is 7.94. The number of nitrogens with one attached hydrogen (secondary N) is 3. The maximum absolute atomic E-state index is 13.0. The Labute approximate surface area is 184 Å². The Morgan fingerprint density at radius 1 is 1.19 bits per heavy atom. The second-order valence-electron chi connectivity index (χ2n) is 7.94. The molecule has 0 radical (unpaired) electrons. The minimum Gasteiger partial charge on any atom is -0.365 e. The van der Waals surface area contributed by atoms with Crippen molar-refractivity contribution < 1.29 is 4.79 Å². The zero-order chi connectivity index (χ0) is 21.9. The molecule has 1 aliphatic rings. The zero-order valence-electron chi connectivity index (χ0n) is 17.5. The van der Waals surface area contributed by atoms with Crippen LogP contribution in [0.2, 0.25) is 0 Å². The van der Waals surface area contributed by atoms with Crippen molar-refractivity contribution in [1.29, 1.82) is 0 Å². The van der Waals surface area contributed by atoms with Crippen LogP contribution in [0.1, 0.15) is 29.4 Å². The third kappa shape index (κ3) is 3.99. The van der Waals surface area contributed by atoms with Gasteiger partial charge in [0.2, 0.25) is 5.91 Å². The first-order valence-electron chi connectivity index (χ1n) is 10.8. The molecule has 0 spiro atoms. The number of hydrogen-bond acceptors (Lipinski definition) is 5. The summed E-state index contributed by atoms with van der Waals surface area (Å²) in [5, 5.41) is 7.22. The number of carbonyl (C=O) groups is 1. The van der Waals surface area contributed by atoms with E-state index in [0.29, 0.717) is 32.4 Å². The SMILES string of the molecule is O=C(NCc1ccc2cc[nH]c2c1)[C@@H]1CCc2cnc(NCCc3ccccn3)c(=O)n21. The molecule has 3 aromatic heterocycles. The fraction of sp³-hybridized carbons (Fsp3) is 0.250. The summed E-state index contributed by atoms with van der Waals surface area (Å²) in [6.45, 7) is 0.950. The highest BCUT2D eigenvalue weighted by Gasteiger charge is 2.30. The molecule has 162 valence electrons. The van der Waals surface area contributed by atoms with Crippen molar-refractivity contribution in [3.8, 4) is 0 Å². The summed E-state index contributed by atoms with van der Waals surface area (Å²) in [5.74, 6) is 0.115. The van der Waals surface area contributed by atoms with Gasteiger partial charge in [0, 0.05) is 55.0 Å². The van der Waals surface area contributed by atoms with Crippen LogP contribution in [0.15, 0.2) is 65.8 Å². The molecule has 1 atom stereocenters. The van der Waals surface area contributed by atoms with Gasteiger partial charge in [-0.3, -0.25) is 19.1 Å². The van der Waals surface area contributed by atoms with E-state index in [1.165, 1.54) is 0 Å². The number of nitrogens with zero attached hydrogens (tertiary/aromatic N) is 3. The molecule has 0 fully saturated rings. The van der Waals surface area contributed by atoms with Gasteiger partial charge >= 0.3 is 0 Å². The van der Waals surface area contributed by atoms with E-state index in [9.17, 15) is 9.59 Å². The number of anilines is 1. The van der Waals surface area contributed by atoms with Crippen molar-refractivity contribution in [2.75, 3.05) is 11.9 Å². The average molecular weight is 428 g/mol. The van der Waals surface area contributed by atoms with Crippen molar-refractivity contribution >= 4 is 22.6 Å². The predicted octanol–water partition coefficient (Wildman–Crippen LogP) is 2.58. The maximum Gasteiger partial charge on any atom is 0.294 e. The lowest BCUT2D eigenvalue weighted by molar-refractivity contribution is -0.124. The fourth-order valence-electron chi connectivity index (χ4n) is 4.18. The summed E-state index contributed by atoms with van der Waals surface area (Å²) in [4.78, 5) is 37.7. The zero-order valence-corrected chi connectivity index (χ0v) is 17.5. The van der Waals surface area contributed by atoms with Crippen molar-refractivity contribution in [3.63, 3.8) is 0 Å². The number of rotatable bonds is 7. The smallest absolute Gasteiger partial charge is 0.294 e. The Morgan fingerprint density at radius 3 is 3.00 bits per heavy atom. The molecule has 0 saturated heterocycles. The number of fused-ring (bicyclic) bond motifs is 2. The van der Waals surface area contributed by atoms with Gasteiger partial charge in [0.05, 0.1) is 0 Å². The molecule has 32 heavy (non-hydrogen) atoms. The minimum atomic E-state index is -0.522. The van der Waals surface area contributed by atoms with Gasteiger partial charge < -0.3 is 15.6 Å². The molecular formula is C24H24N6O2. The Bertz CT molecular complexity index is 1310. The first-order valence-corrected chi connectivity index (χ1v) is 10.8. The number of benzene rings is 1. The predicted molar refractivity (Wildman–Crippen MR) is 122 cm³/mol. The molecule has 4 heterocycles. The van der Waals surface area contributed by atoms with Crippen LogP contribution in [0.4, 0.5) is 5.82 Å². The number of pyridine rings is 1. The number of H-pyrrole nitrogens is 1. The lowest BCUT2D eigenvalue weighted by atomic mass is 10.1. The Hall–Kier alpha value is -3.94. The summed E-state index contributed by atoms with van der Waals surface area (Å²) in [6, 6.07) is 13.3. The monoisotopic (exact) mass is 428 g/mol. The molecule has 0 unspecified atom stereocenters. The minimum absolute atomic E-state index is 0.150. The molecule has 0 saturated carbocycles. The van der Waals surface area contributed by atoms with Gasteiger partial charge in [-0.05, 0) is 48.1 Å². The third-order valence-electron chi connectivity index (χ3n) is 5.85.